The summed E-state index contributed by atoms with van der Waals surface area (Å²) in [5.41, 5.74) is 1.27. The second kappa shape index (κ2) is 9.74. The largest absolute Gasteiger partial charge is 0.427 e. The number of carbonyl (C=O) groups excluding carboxylic acids is 4. The van der Waals surface area contributed by atoms with E-state index in [4.69, 9.17) is 4.74 Å². The summed E-state index contributed by atoms with van der Waals surface area (Å²) in [5.74, 6) is -1.09. The minimum atomic E-state index is -1.48. The zero-order chi connectivity index (χ0) is 27.2. The molecular formula is C28H31FN4O5. The Bertz CT molecular complexity index is 1300. The van der Waals surface area contributed by atoms with E-state index in [-0.39, 0.29) is 42.2 Å². The lowest BCUT2D eigenvalue weighted by molar-refractivity contribution is -0.143. The average Bonchev–Trinajstić information content (AvgIpc) is 3.56. The van der Waals surface area contributed by atoms with Gasteiger partial charge in [0.15, 0.2) is 0 Å². The Morgan fingerprint density at radius 1 is 1.13 bits per heavy atom. The standard InChI is InChI=1S/C28H31FN4O5/c1-16(2)22-10-11-23(17-4-6-19(29)7-5-17)33(22)24(34)15-32-25(35)28(38-27(32)37)13-12-18-14-20(8-9-21(18)28)31-26(36)30-3/h4-9,14,16,22-23H,10-13,15H2,1-3H3,(H2,30,31,36)/t22-,23+,28+/m0/s1. The van der Waals surface area contributed by atoms with Gasteiger partial charge in [-0.15, -0.1) is 0 Å². The number of halogens is 1. The molecule has 2 aromatic carbocycles. The van der Waals surface area contributed by atoms with E-state index in [0.29, 0.717) is 24.1 Å². The fraction of sp³-hybridized carbons (Fsp3) is 0.429. The third-order valence-corrected chi connectivity index (χ3v) is 7.88. The summed E-state index contributed by atoms with van der Waals surface area (Å²) >= 11 is 0. The molecule has 0 saturated carbocycles. The molecule has 38 heavy (non-hydrogen) atoms. The number of imide groups is 1. The van der Waals surface area contributed by atoms with Crippen LogP contribution in [0.25, 0.3) is 0 Å². The molecule has 0 radical (unpaired) electrons. The molecule has 0 bridgehead atoms. The molecule has 2 heterocycles. The Labute approximate surface area is 220 Å². The third-order valence-electron chi connectivity index (χ3n) is 7.88. The molecule has 0 unspecified atom stereocenters. The Kier molecular flexibility index (Phi) is 6.58. The molecule has 2 aromatic rings. The number of carbonyl (C=O) groups is 4. The fourth-order valence-corrected chi connectivity index (χ4v) is 6.00. The monoisotopic (exact) mass is 522 g/mol. The number of rotatable bonds is 5. The van der Waals surface area contributed by atoms with Crippen LogP contribution in [0.4, 0.5) is 19.7 Å². The molecule has 5 amide bonds. The molecule has 0 aromatic heterocycles. The lowest BCUT2D eigenvalue weighted by Crippen LogP contribution is -2.47. The van der Waals surface area contributed by atoms with Crippen LogP contribution in [0.3, 0.4) is 0 Å². The molecule has 3 atom stereocenters. The number of urea groups is 1. The van der Waals surface area contributed by atoms with Gasteiger partial charge in [-0.05, 0) is 60.6 Å². The summed E-state index contributed by atoms with van der Waals surface area (Å²) in [5, 5.41) is 5.18. The highest BCUT2D eigenvalue weighted by molar-refractivity contribution is 6.06. The van der Waals surface area contributed by atoms with E-state index in [9.17, 15) is 23.6 Å². The highest BCUT2D eigenvalue weighted by Gasteiger charge is 2.58. The number of amides is 5. The van der Waals surface area contributed by atoms with Crippen molar-refractivity contribution < 1.29 is 28.3 Å². The maximum atomic E-state index is 13.7. The van der Waals surface area contributed by atoms with Crippen LogP contribution in [0.5, 0.6) is 0 Å². The van der Waals surface area contributed by atoms with E-state index in [1.54, 1.807) is 35.2 Å². The number of hydrogen-bond donors (Lipinski definition) is 2. The number of fused-ring (bicyclic) bond motifs is 2. The van der Waals surface area contributed by atoms with Crippen molar-refractivity contribution in [3.8, 4) is 0 Å². The molecule has 5 rings (SSSR count). The number of nitrogens with one attached hydrogen (secondary N) is 2. The van der Waals surface area contributed by atoms with Gasteiger partial charge in [-0.3, -0.25) is 9.59 Å². The molecule has 2 fully saturated rings. The van der Waals surface area contributed by atoms with E-state index in [1.807, 2.05) is 13.8 Å². The number of anilines is 1. The Morgan fingerprint density at radius 3 is 2.55 bits per heavy atom. The van der Waals surface area contributed by atoms with Gasteiger partial charge < -0.3 is 20.3 Å². The average molecular weight is 523 g/mol. The van der Waals surface area contributed by atoms with Gasteiger partial charge in [-0.2, -0.15) is 0 Å². The number of likely N-dealkylation sites (tertiary alicyclic amines) is 1. The van der Waals surface area contributed by atoms with E-state index in [1.165, 1.54) is 19.2 Å². The van der Waals surface area contributed by atoms with Crippen molar-refractivity contribution in [2.24, 2.45) is 5.92 Å². The summed E-state index contributed by atoms with van der Waals surface area (Å²) in [4.78, 5) is 54.6. The minimum absolute atomic E-state index is 0.0707. The Balaban J connectivity index is 1.38. The fourth-order valence-electron chi connectivity index (χ4n) is 6.00. The third kappa shape index (κ3) is 4.27. The van der Waals surface area contributed by atoms with Gasteiger partial charge in [0.2, 0.25) is 11.5 Å². The molecular weight excluding hydrogens is 491 g/mol. The molecule has 9 nitrogen and oxygen atoms in total. The zero-order valence-corrected chi connectivity index (χ0v) is 21.6. The van der Waals surface area contributed by atoms with Crippen molar-refractivity contribution in [3.63, 3.8) is 0 Å². The van der Waals surface area contributed by atoms with Crippen molar-refractivity contribution in [3.05, 3.63) is 65.0 Å². The maximum Gasteiger partial charge on any atom is 0.418 e. The molecule has 1 spiro atoms. The van der Waals surface area contributed by atoms with Crippen molar-refractivity contribution in [2.45, 2.75) is 57.2 Å². The smallest absolute Gasteiger partial charge is 0.418 e. The molecule has 2 saturated heterocycles. The first-order valence-electron chi connectivity index (χ1n) is 12.9. The molecule has 200 valence electrons. The van der Waals surface area contributed by atoms with Gasteiger partial charge in [0.05, 0.1) is 6.04 Å². The Hall–Kier alpha value is -3.95. The Morgan fingerprint density at radius 2 is 1.87 bits per heavy atom. The van der Waals surface area contributed by atoms with Crippen LogP contribution in [0.2, 0.25) is 0 Å². The van der Waals surface area contributed by atoms with Crippen LogP contribution in [0.1, 0.15) is 55.8 Å². The summed E-state index contributed by atoms with van der Waals surface area (Å²) in [6.45, 7) is 3.64. The first kappa shape index (κ1) is 25.7. The quantitative estimate of drug-likeness (QED) is 0.615. The van der Waals surface area contributed by atoms with Crippen molar-refractivity contribution in [1.82, 2.24) is 15.1 Å². The SMILES string of the molecule is CNC(=O)Nc1ccc2c(c1)CC[C@@]21OC(=O)N(CC(=O)N2[C@@H](c3ccc(F)cc3)CC[C@H]2C(C)C)C1=O. The first-order valence-corrected chi connectivity index (χ1v) is 12.9. The van der Waals surface area contributed by atoms with Crippen LogP contribution in [-0.4, -0.2) is 53.4 Å². The number of hydrogen-bond acceptors (Lipinski definition) is 5. The predicted octanol–water partition coefficient (Wildman–Crippen LogP) is 4.09. The van der Waals surface area contributed by atoms with Crippen LogP contribution in [0, 0.1) is 11.7 Å². The summed E-state index contributed by atoms with van der Waals surface area (Å²) < 4.78 is 19.2. The van der Waals surface area contributed by atoms with Gasteiger partial charge >= 0.3 is 12.1 Å². The van der Waals surface area contributed by atoms with Gasteiger partial charge in [0, 0.05) is 30.8 Å². The van der Waals surface area contributed by atoms with E-state index >= 15 is 0 Å². The number of ether oxygens (including phenoxy) is 1. The summed E-state index contributed by atoms with van der Waals surface area (Å²) in [7, 11) is 1.51. The summed E-state index contributed by atoms with van der Waals surface area (Å²) in [6, 6.07) is 10.5. The topological polar surface area (TPSA) is 108 Å². The highest BCUT2D eigenvalue weighted by atomic mass is 19.1. The maximum absolute atomic E-state index is 13.7. The molecule has 2 N–H and O–H groups in total. The van der Waals surface area contributed by atoms with Gasteiger partial charge in [0.1, 0.15) is 12.4 Å². The van der Waals surface area contributed by atoms with E-state index in [0.717, 1.165) is 22.4 Å². The van der Waals surface area contributed by atoms with Gasteiger partial charge in [0.25, 0.3) is 5.91 Å². The molecule has 2 aliphatic heterocycles. The van der Waals surface area contributed by atoms with Crippen LogP contribution in [-0.2, 0) is 26.3 Å². The van der Waals surface area contributed by atoms with E-state index in [2.05, 4.69) is 10.6 Å². The molecule has 1 aliphatic carbocycles. The molecule has 3 aliphatic rings. The van der Waals surface area contributed by atoms with E-state index < -0.39 is 24.1 Å². The second-order valence-electron chi connectivity index (χ2n) is 10.4. The number of nitrogens with zero attached hydrogens (tertiary/aromatic N) is 2. The highest BCUT2D eigenvalue weighted by Crippen LogP contribution is 2.46. The zero-order valence-electron chi connectivity index (χ0n) is 21.6. The van der Waals surface area contributed by atoms with Crippen molar-refractivity contribution in [1.29, 1.82) is 0 Å². The van der Waals surface area contributed by atoms with Crippen LogP contribution >= 0.6 is 0 Å². The molecule has 10 heteroatoms. The number of aryl methyl sites for hydroxylation is 1. The van der Waals surface area contributed by atoms with Gasteiger partial charge in [-0.25, -0.2) is 18.9 Å². The summed E-state index contributed by atoms with van der Waals surface area (Å²) in [6.07, 6.45) is 1.38. The number of benzene rings is 2. The minimum Gasteiger partial charge on any atom is -0.427 e. The predicted molar refractivity (Wildman–Crippen MR) is 137 cm³/mol. The van der Waals surface area contributed by atoms with Crippen molar-refractivity contribution in [2.75, 3.05) is 18.9 Å². The van der Waals surface area contributed by atoms with Crippen molar-refractivity contribution >= 4 is 29.6 Å². The lowest BCUT2D eigenvalue weighted by Gasteiger charge is -2.33. The van der Waals surface area contributed by atoms with Crippen LogP contribution in [0.15, 0.2) is 42.5 Å². The van der Waals surface area contributed by atoms with Gasteiger partial charge in [-0.1, -0.05) is 32.0 Å². The first-order chi connectivity index (χ1) is 18.1. The van der Waals surface area contributed by atoms with Crippen LogP contribution < -0.4 is 10.6 Å². The normalized spacial score (nSPS) is 24.2. The lowest BCUT2D eigenvalue weighted by atomic mass is 9.94. The second-order valence-corrected chi connectivity index (χ2v) is 10.4.